The number of ether oxygens (including phenoxy) is 4. The van der Waals surface area contributed by atoms with Gasteiger partial charge in [0, 0.05) is 37.9 Å². The molecule has 0 aromatic carbocycles. The molecule has 6 atom stereocenters. The molecule has 0 aromatic heterocycles. The van der Waals surface area contributed by atoms with Crippen LogP contribution in [0.15, 0.2) is 36.0 Å². The molecule has 2 saturated heterocycles. The second-order valence-corrected chi connectivity index (χ2v) is 11.0. The van der Waals surface area contributed by atoms with E-state index in [1.165, 1.54) is 5.57 Å². The van der Waals surface area contributed by atoms with E-state index in [1.54, 1.807) is 0 Å². The molecule has 0 amide bonds. The highest BCUT2D eigenvalue weighted by Crippen LogP contribution is 2.37. The molecule has 3 rings (SSSR count). The van der Waals surface area contributed by atoms with Gasteiger partial charge in [-0.3, -0.25) is 9.59 Å². The number of allylic oxidation sites excluding steroid dienone is 4. The Bertz CT molecular complexity index is 801. The van der Waals surface area contributed by atoms with Crippen LogP contribution in [-0.4, -0.2) is 54.9 Å². The molecule has 1 N–H and O–H groups in total. The van der Waals surface area contributed by atoms with Gasteiger partial charge >= 0.3 is 5.97 Å². The van der Waals surface area contributed by atoms with Crippen molar-refractivity contribution in [2.75, 3.05) is 13.2 Å². The van der Waals surface area contributed by atoms with E-state index in [0.717, 1.165) is 58.0 Å². The quantitative estimate of drug-likeness (QED) is 0.190. The lowest BCUT2D eigenvalue weighted by molar-refractivity contribution is -0.192. The van der Waals surface area contributed by atoms with Crippen LogP contribution in [-0.2, 0) is 28.5 Å². The van der Waals surface area contributed by atoms with Crippen LogP contribution in [0.25, 0.3) is 0 Å². The summed E-state index contributed by atoms with van der Waals surface area (Å²) in [6.07, 6.45) is 20.2. The molecular weight excluding hydrogens is 484 g/mol. The fourth-order valence-corrected chi connectivity index (χ4v) is 5.40. The molecule has 1 saturated carbocycles. The summed E-state index contributed by atoms with van der Waals surface area (Å²) in [6.45, 7) is 5.66. The molecule has 3 unspecified atom stereocenters. The van der Waals surface area contributed by atoms with E-state index in [-0.39, 0.29) is 48.8 Å². The number of carboxylic acids is 1. The SMILES string of the molecule is CC(C)=CCCC(C=C[C@H]1[C@H](OC2CCCCO2)CC(=O)[C@@H]1CC=CCCCC(=O)O)OC1CCCCO1. The minimum atomic E-state index is -0.778. The first-order chi connectivity index (χ1) is 18.4. The van der Waals surface area contributed by atoms with E-state index in [4.69, 9.17) is 24.1 Å². The Labute approximate surface area is 228 Å². The topological polar surface area (TPSA) is 91.3 Å². The van der Waals surface area contributed by atoms with Gasteiger partial charge in [-0.1, -0.05) is 36.0 Å². The number of hydrogen-bond donors (Lipinski definition) is 1. The average Bonchev–Trinajstić information content (AvgIpc) is 3.18. The molecular formula is C31H48O7. The lowest BCUT2D eigenvalue weighted by atomic mass is 9.90. The normalized spacial score (nSPS) is 29.2. The lowest BCUT2D eigenvalue weighted by Crippen LogP contribution is -2.31. The molecule has 0 radical (unpaired) electrons. The molecule has 7 heteroatoms. The Morgan fingerprint density at radius 1 is 1.05 bits per heavy atom. The highest BCUT2D eigenvalue weighted by atomic mass is 16.7. The fourth-order valence-electron chi connectivity index (χ4n) is 5.40. The van der Waals surface area contributed by atoms with Crippen molar-refractivity contribution in [3.05, 3.63) is 36.0 Å². The predicted octanol–water partition coefficient (Wildman–Crippen LogP) is 6.52. The van der Waals surface area contributed by atoms with Crippen LogP contribution in [0.3, 0.4) is 0 Å². The number of carbonyl (C=O) groups is 2. The number of ketones is 1. The maximum Gasteiger partial charge on any atom is 0.303 e. The second kappa shape index (κ2) is 17.0. The molecule has 0 aromatic rings. The van der Waals surface area contributed by atoms with Crippen molar-refractivity contribution in [3.8, 4) is 0 Å². The zero-order chi connectivity index (χ0) is 27.2. The molecule has 214 valence electrons. The Balaban J connectivity index is 1.70. The third kappa shape index (κ3) is 11.1. The molecule has 0 spiro atoms. The van der Waals surface area contributed by atoms with Crippen molar-refractivity contribution in [1.29, 1.82) is 0 Å². The third-order valence-electron chi connectivity index (χ3n) is 7.51. The number of aliphatic carboxylic acids is 1. The van der Waals surface area contributed by atoms with Crippen molar-refractivity contribution in [1.82, 2.24) is 0 Å². The van der Waals surface area contributed by atoms with Gasteiger partial charge in [-0.15, -0.1) is 0 Å². The molecule has 2 heterocycles. The van der Waals surface area contributed by atoms with Crippen LogP contribution in [0.4, 0.5) is 0 Å². The minimum Gasteiger partial charge on any atom is -0.481 e. The monoisotopic (exact) mass is 532 g/mol. The smallest absolute Gasteiger partial charge is 0.303 e. The first kappa shape index (κ1) is 30.7. The van der Waals surface area contributed by atoms with Gasteiger partial charge in [-0.2, -0.15) is 0 Å². The van der Waals surface area contributed by atoms with Crippen LogP contribution in [0, 0.1) is 11.8 Å². The van der Waals surface area contributed by atoms with Gasteiger partial charge in [0.15, 0.2) is 12.6 Å². The van der Waals surface area contributed by atoms with Gasteiger partial charge in [0.25, 0.3) is 0 Å². The van der Waals surface area contributed by atoms with E-state index in [1.807, 2.05) is 12.2 Å². The highest BCUT2D eigenvalue weighted by molar-refractivity contribution is 5.85. The second-order valence-electron chi connectivity index (χ2n) is 11.0. The lowest BCUT2D eigenvalue weighted by Gasteiger charge is -2.29. The van der Waals surface area contributed by atoms with Crippen molar-refractivity contribution in [3.63, 3.8) is 0 Å². The molecule has 3 aliphatic rings. The standard InChI is InChI=1S/C31H48O7/c1-23(2)12-11-13-24(37-30-16-7-9-20-35-30)18-19-26-25(14-5-3-4-6-15-29(33)34)27(32)22-28(26)38-31-17-8-10-21-36-31/h3,5,12,18-19,24-26,28,30-31H,4,6-11,13-17,20-22H2,1-2H3,(H,33,34)/t24?,25-,26-,28-,30?,31?/m1/s1. The number of Topliss-reactive ketones (excluding diaryl/α,β-unsaturated/α-hetero) is 1. The van der Waals surface area contributed by atoms with Gasteiger partial charge in [-0.05, 0) is 84.5 Å². The molecule has 7 nitrogen and oxygen atoms in total. The zero-order valence-corrected chi connectivity index (χ0v) is 23.4. The first-order valence-electron chi connectivity index (χ1n) is 14.7. The third-order valence-corrected chi connectivity index (χ3v) is 7.51. The average molecular weight is 533 g/mol. The van der Waals surface area contributed by atoms with Gasteiger partial charge in [-0.25, -0.2) is 0 Å². The van der Waals surface area contributed by atoms with Crippen LogP contribution in [0.5, 0.6) is 0 Å². The Kier molecular flexibility index (Phi) is 13.8. The van der Waals surface area contributed by atoms with Gasteiger partial charge in [0.05, 0.1) is 12.2 Å². The number of rotatable bonds is 15. The Morgan fingerprint density at radius 3 is 2.45 bits per heavy atom. The largest absolute Gasteiger partial charge is 0.481 e. The highest BCUT2D eigenvalue weighted by Gasteiger charge is 2.42. The summed E-state index contributed by atoms with van der Waals surface area (Å²) in [5, 5.41) is 8.84. The first-order valence-corrected chi connectivity index (χ1v) is 14.7. The number of carbonyl (C=O) groups excluding carboxylic acids is 1. The Hall–Kier alpha value is -1.80. The van der Waals surface area contributed by atoms with Gasteiger partial charge in [0.2, 0.25) is 0 Å². The molecule has 2 aliphatic heterocycles. The van der Waals surface area contributed by atoms with Crippen molar-refractivity contribution in [2.24, 2.45) is 11.8 Å². The van der Waals surface area contributed by atoms with Gasteiger partial charge in [0.1, 0.15) is 5.78 Å². The van der Waals surface area contributed by atoms with Crippen LogP contribution < -0.4 is 0 Å². The molecule has 0 bridgehead atoms. The van der Waals surface area contributed by atoms with Gasteiger partial charge < -0.3 is 24.1 Å². The summed E-state index contributed by atoms with van der Waals surface area (Å²) < 4.78 is 24.4. The summed E-state index contributed by atoms with van der Waals surface area (Å²) in [6, 6.07) is 0. The van der Waals surface area contributed by atoms with Crippen molar-refractivity contribution < 1.29 is 33.6 Å². The summed E-state index contributed by atoms with van der Waals surface area (Å²) in [5.74, 6) is -0.786. The van der Waals surface area contributed by atoms with E-state index in [9.17, 15) is 9.59 Å². The van der Waals surface area contributed by atoms with E-state index < -0.39 is 5.97 Å². The van der Waals surface area contributed by atoms with Crippen LogP contribution >= 0.6 is 0 Å². The van der Waals surface area contributed by atoms with Crippen LogP contribution in [0.2, 0.25) is 0 Å². The van der Waals surface area contributed by atoms with Crippen molar-refractivity contribution >= 4 is 11.8 Å². The predicted molar refractivity (Wildman–Crippen MR) is 147 cm³/mol. The maximum absolute atomic E-state index is 13.1. The molecule has 3 fully saturated rings. The summed E-state index contributed by atoms with van der Waals surface area (Å²) in [7, 11) is 0. The van der Waals surface area contributed by atoms with E-state index in [0.29, 0.717) is 32.3 Å². The summed E-state index contributed by atoms with van der Waals surface area (Å²) in [5.41, 5.74) is 1.29. The number of carboxylic acid groups (broad SMARTS) is 1. The number of unbranched alkanes of at least 4 members (excludes halogenated alkanes) is 1. The summed E-state index contributed by atoms with van der Waals surface area (Å²) >= 11 is 0. The maximum atomic E-state index is 13.1. The van der Waals surface area contributed by atoms with E-state index in [2.05, 4.69) is 32.1 Å². The molecule has 38 heavy (non-hydrogen) atoms. The molecule has 1 aliphatic carbocycles. The van der Waals surface area contributed by atoms with Crippen molar-refractivity contribution in [2.45, 2.75) is 122 Å². The minimum absolute atomic E-state index is 0.0569. The van der Waals surface area contributed by atoms with E-state index >= 15 is 0 Å². The van der Waals surface area contributed by atoms with Crippen LogP contribution in [0.1, 0.15) is 97.3 Å². The Morgan fingerprint density at radius 2 is 1.79 bits per heavy atom. The summed E-state index contributed by atoms with van der Waals surface area (Å²) in [4.78, 5) is 23.9. The fraction of sp³-hybridized carbons (Fsp3) is 0.742. The zero-order valence-electron chi connectivity index (χ0n) is 23.4. The number of hydrogen-bond acceptors (Lipinski definition) is 6.